The van der Waals surface area contributed by atoms with Crippen LogP contribution in [-0.4, -0.2) is 47.1 Å². The van der Waals surface area contributed by atoms with Crippen molar-refractivity contribution in [1.29, 1.82) is 0 Å². The molecule has 1 saturated heterocycles. The summed E-state index contributed by atoms with van der Waals surface area (Å²) in [5.41, 5.74) is 1.80. The third-order valence-corrected chi connectivity index (χ3v) is 5.33. The lowest BCUT2D eigenvalue weighted by atomic mass is 10.0. The van der Waals surface area contributed by atoms with Gasteiger partial charge in [0.05, 0.1) is 0 Å². The Bertz CT molecular complexity index is 800. The van der Waals surface area contributed by atoms with Gasteiger partial charge in [-0.15, -0.1) is 0 Å². The van der Waals surface area contributed by atoms with Crippen LogP contribution in [0.5, 0.6) is 5.75 Å². The Morgan fingerprint density at radius 3 is 2.38 bits per heavy atom. The van der Waals surface area contributed by atoms with Crippen LogP contribution < -0.4 is 10.6 Å². The lowest BCUT2D eigenvalue weighted by molar-refractivity contribution is 0.0917. The van der Waals surface area contributed by atoms with Crippen LogP contribution >= 0.6 is 0 Å². The normalized spacial score (nSPS) is 15.6. The van der Waals surface area contributed by atoms with E-state index in [4.69, 9.17) is 0 Å². The van der Waals surface area contributed by atoms with Crippen molar-refractivity contribution in [3.05, 3.63) is 65.7 Å². The standard InChI is InChI=1S/C23H29N3O3/c1-17(7-8-18-9-11-21(27)12-10-18)24-23(29)26-15-13-20(14-16-26)25-22(28)19-5-3-2-4-6-19/h2-6,9-12,17,20,27H,7-8,13-16H2,1H3,(H,24,29)(H,25,28). The van der Waals surface area contributed by atoms with Crippen LogP contribution in [-0.2, 0) is 6.42 Å². The zero-order valence-corrected chi connectivity index (χ0v) is 16.8. The number of carbonyl (C=O) groups excluding carboxylic acids is 2. The van der Waals surface area contributed by atoms with E-state index in [1.807, 2.05) is 42.2 Å². The molecule has 3 N–H and O–H groups in total. The summed E-state index contributed by atoms with van der Waals surface area (Å²) in [5, 5.41) is 15.5. The first-order valence-corrected chi connectivity index (χ1v) is 10.2. The van der Waals surface area contributed by atoms with E-state index in [9.17, 15) is 14.7 Å². The molecule has 0 aromatic heterocycles. The molecule has 2 aromatic rings. The molecule has 1 aliphatic heterocycles. The zero-order valence-electron chi connectivity index (χ0n) is 16.8. The van der Waals surface area contributed by atoms with E-state index < -0.39 is 0 Å². The highest BCUT2D eigenvalue weighted by molar-refractivity contribution is 5.94. The minimum atomic E-state index is -0.0589. The second kappa shape index (κ2) is 9.96. The summed E-state index contributed by atoms with van der Waals surface area (Å²) in [6.45, 7) is 3.28. The maximum absolute atomic E-state index is 12.5. The number of hydrogen-bond acceptors (Lipinski definition) is 3. The van der Waals surface area contributed by atoms with Crippen molar-refractivity contribution in [2.45, 2.75) is 44.7 Å². The number of benzene rings is 2. The fourth-order valence-electron chi connectivity index (χ4n) is 3.51. The molecular formula is C23H29N3O3. The number of hydrogen-bond donors (Lipinski definition) is 3. The van der Waals surface area contributed by atoms with Crippen LogP contribution in [0.25, 0.3) is 0 Å². The van der Waals surface area contributed by atoms with Gasteiger partial charge in [0.15, 0.2) is 0 Å². The Morgan fingerprint density at radius 1 is 1.07 bits per heavy atom. The van der Waals surface area contributed by atoms with Gasteiger partial charge in [-0.3, -0.25) is 4.79 Å². The van der Waals surface area contributed by atoms with Gasteiger partial charge in [0.1, 0.15) is 5.75 Å². The van der Waals surface area contributed by atoms with Gasteiger partial charge in [-0.05, 0) is 62.4 Å². The molecule has 29 heavy (non-hydrogen) atoms. The van der Waals surface area contributed by atoms with Gasteiger partial charge in [-0.2, -0.15) is 0 Å². The van der Waals surface area contributed by atoms with E-state index in [2.05, 4.69) is 10.6 Å². The number of phenols is 1. The van der Waals surface area contributed by atoms with Gasteiger partial charge in [0, 0.05) is 30.7 Å². The SMILES string of the molecule is CC(CCc1ccc(O)cc1)NC(=O)N1CCC(NC(=O)c2ccccc2)CC1. The second-order valence-corrected chi connectivity index (χ2v) is 7.66. The predicted molar refractivity (Wildman–Crippen MR) is 113 cm³/mol. The fraction of sp³-hybridized carbons (Fsp3) is 0.391. The number of carbonyl (C=O) groups is 2. The van der Waals surface area contributed by atoms with Crippen molar-refractivity contribution < 1.29 is 14.7 Å². The van der Waals surface area contributed by atoms with E-state index in [-0.39, 0.29) is 29.8 Å². The van der Waals surface area contributed by atoms with Crippen LogP contribution in [0, 0.1) is 0 Å². The summed E-state index contributed by atoms with van der Waals surface area (Å²) in [5.74, 6) is 0.204. The summed E-state index contributed by atoms with van der Waals surface area (Å²) < 4.78 is 0. The highest BCUT2D eigenvalue weighted by Gasteiger charge is 2.24. The first-order valence-electron chi connectivity index (χ1n) is 10.2. The van der Waals surface area contributed by atoms with Crippen molar-refractivity contribution in [3.8, 4) is 5.75 Å². The van der Waals surface area contributed by atoms with Crippen LogP contribution in [0.2, 0.25) is 0 Å². The molecule has 2 aromatic carbocycles. The molecule has 0 saturated carbocycles. The quantitative estimate of drug-likeness (QED) is 0.702. The minimum absolute atomic E-state index is 0.0453. The van der Waals surface area contributed by atoms with Gasteiger partial charge in [0.25, 0.3) is 5.91 Å². The molecule has 0 bridgehead atoms. The lowest BCUT2D eigenvalue weighted by Crippen LogP contribution is -2.51. The van der Waals surface area contributed by atoms with E-state index in [0.29, 0.717) is 18.7 Å². The second-order valence-electron chi connectivity index (χ2n) is 7.66. The first kappa shape index (κ1) is 20.7. The number of likely N-dealkylation sites (tertiary alicyclic amines) is 1. The van der Waals surface area contributed by atoms with E-state index in [1.165, 1.54) is 0 Å². The van der Waals surface area contributed by atoms with Crippen molar-refractivity contribution >= 4 is 11.9 Å². The lowest BCUT2D eigenvalue weighted by Gasteiger charge is -2.33. The molecule has 0 aliphatic carbocycles. The number of piperidine rings is 1. The van der Waals surface area contributed by atoms with E-state index in [0.717, 1.165) is 31.2 Å². The topological polar surface area (TPSA) is 81.7 Å². The molecule has 1 aliphatic rings. The van der Waals surface area contributed by atoms with E-state index in [1.54, 1.807) is 24.3 Å². The molecular weight excluding hydrogens is 366 g/mol. The van der Waals surface area contributed by atoms with Gasteiger partial charge in [-0.25, -0.2) is 4.79 Å². The molecule has 1 unspecified atom stereocenters. The van der Waals surface area contributed by atoms with Crippen LogP contribution in [0.1, 0.15) is 42.1 Å². The smallest absolute Gasteiger partial charge is 0.317 e. The number of urea groups is 1. The summed E-state index contributed by atoms with van der Waals surface area (Å²) in [6, 6.07) is 16.5. The number of nitrogens with one attached hydrogen (secondary N) is 2. The van der Waals surface area contributed by atoms with Gasteiger partial charge < -0.3 is 20.6 Å². The molecule has 3 rings (SSSR count). The Balaban J connectivity index is 1.38. The third kappa shape index (κ3) is 6.24. The molecule has 1 heterocycles. The third-order valence-electron chi connectivity index (χ3n) is 5.33. The number of rotatable bonds is 6. The monoisotopic (exact) mass is 395 g/mol. The highest BCUT2D eigenvalue weighted by atomic mass is 16.3. The molecule has 1 atom stereocenters. The van der Waals surface area contributed by atoms with Crippen molar-refractivity contribution in [2.75, 3.05) is 13.1 Å². The molecule has 3 amide bonds. The predicted octanol–water partition coefficient (Wildman–Crippen LogP) is 3.32. The average molecular weight is 396 g/mol. The van der Waals surface area contributed by atoms with Gasteiger partial charge in [-0.1, -0.05) is 30.3 Å². The highest BCUT2D eigenvalue weighted by Crippen LogP contribution is 2.14. The number of amides is 3. The van der Waals surface area contributed by atoms with Crippen molar-refractivity contribution in [1.82, 2.24) is 15.5 Å². The maximum atomic E-state index is 12.5. The number of phenolic OH excluding ortho intramolecular Hbond substituents is 1. The molecule has 154 valence electrons. The van der Waals surface area contributed by atoms with Crippen LogP contribution in [0.3, 0.4) is 0 Å². The summed E-state index contributed by atoms with van der Waals surface area (Å²) in [6.07, 6.45) is 3.19. The molecule has 0 radical (unpaired) electrons. The summed E-state index contributed by atoms with van der Waals surface area (Å²) in [4.78, 5) is 26.6. The Morgan fingerprint density at radius 2 is 1.72 bits per heavy atom. The molecule has 6 heteroatoms. The molecule has 0 spiro atoms. The Hall–Kier alpha value is -3.02. The summed E-state index contributed by atoms with van der Waals surface area (Å²) >= 11 is 0. The van der Waals surface area contributed by atoms with Crippen molar-refractivity contribution in [3.63, 3.8) is 0 Å². The molecule has 1 fully saturated rings. The van der Waals surface area contributed by atoms with E-state index >= 15 is 0 Å². The van der Waals surface area contributed by atoms with Crippen LogP contribution in [0.4, 0.5) is 4.79 Å². The Kier molecular flexibility index (Phi) is 7.11. The fourth-order valence-corrected chi connectivity index (χ4v) is 3.51. The Labute approximate surface area is 171 Å². The number of aromatic hydroxyl groups is 1. The first-order chi connectivity index (χ1) is 14.0. The minimum Gasteiger partial charge on any atom is -0.508 e. The molecule has 6 nitrogen and oxygen atoms in total. The van der Waals surface area contributed by atoms with Crippen LogP contribution in [0.15, 0.2) is 54.6 Å². The maximum Gasteiger partial charge on any atom is 0.317 e. The largest absolute Gasteiger partial charge is 0.508 e. The number of nitrogens with zero attached hydrogens (tertiary/aromatic N) is 1. The number of aryl methyl sites for hydroxylation is 1. The van der Waals surface area contributed by atoms with Gasteiger partial charge in [0.2, 0.25) is 0 Å². The zero-order chi connectivity index (χ0) is 20.6. The van der Waals surface area contributed by atoms with Gasteiger partial charge >= 0.3 is 6.03 Å². The van der Waals surface area contributed by atoms with Crippen molar-refractivity contribution in [2.24, 2.45) is 0 Å². The average Bonchev–Trinajstić information content (AvgIpc) is 2.74. The summed E-state index contributed by atoms with van der Waals surface area (Å²) in [7, 11) is 0.